The van der Waals surface area contributed by atoms with Crippen LogP contribution in [0.15, 0.2) is 37.1 Å². The van der Waals surface area contributed by atoms with Crippen molar-refractivity contribution < 1.29 is 27.5 Å². The standard InChI is InChI=1S/C13H8F4N2O2/c1-2-13(16,17)11-10(12(20)21)6-19(18-11)9-4-7(14)3-8(15)5-9/h2-6H,1H2,(H,20,21). The number of allylic oxidation sites excluding steroid dienone is 1. The molecule has 0 saturated heterocycles. The highest BCUT2D eigenvalue weighted by atomic mass is 19.3. The van der Waals surface area contributed by atoms with Crippen molar-refractivity contribution in [2.45, 2.75) is 5.92 Å². The van der Waals surface area contributed by atoms with Gasteiger partial charge >= 0.3 is 11.9 Å². The minimum atomic E-state index is -3.69. The SMILES string of the molecule is C=CC(F)(F)c1nn(-c2cc(F)cc(F)c2)cc1C(=O)O. The average molecular weight is 300 g/mol. The Labute approximate surface area is 115 Å². The summed E-state index contributed by atoms with van der Waals surface area (Å²) in [5, 5.41) is 12.3. The number of halogens is 4. The number of benzene rings is 1. The maximum Gasteiger partial charge on any atom is 0.339 e. The largest absolute Gasteiger partial charge is 0.478 e. The van der Waals surface area contributed by atoms with Crippen LogP contribution in [0.2, 0.25) is 0 Å². The molecule has 0 atom stereocenters. The second kappa shape index (κ2) is 5.04. The van der Waals surface area contributed by atoms with Crippen LogP contribution in [0, 0.1) is 11.6 Å². The van der Waals surface area contributed by atoms with E-state index in [1.165, 1.54) is 0 Å². The monoisotopic (exact) mass is 300 g/mol. The summed E-state index contributed by atoms with van der Waals surface area (Å²) >= 11 is 0. The fourth-order valence-electron chi connectivity index (χ4n) is 1.68. The highest BCUT2D eigenvalue weighted by molar-refractivity contribution is 5.89. The third kappa shape index (κ3) is 2.78. The van der Waals surface area contributed by atoms with Crippen molar-refractivity contribution in [3.05, 3.63) is 59.9 Å². The third-order valence-electron chi connectivity index (χ3n) is 2.63. The number of alkyl halides is 2. The number of carboxylic acid groups (broad SMARTS) is 1. The maximum absolute atomic E-state index is 13.6. The summed E-state index contributed by atoms with van der Waals surface area (Å²) in [6, 6.07) is 2.25. The quantitative estimate of drug-likeness (QED) is 0.697. The molecule has 0 aliphatic rings. The zero-order valence-corrected chi connectivity index (χ0v) is 10.4. The van der Waals surface area contributed by atoms with E-state index < -0.39 is 34.8 Å². The van der Waals surface area contributed by atoms with Crippen molar-refractivity contribution in [1.29, 1.82) is 0 Å². The van der Waals surface area contributed by atoms with Crippen molar-refractivity contribution in [1.82, 2.24) is 9.78 Å². The molecule has 0 aliphatic heterocycles. The minimum absolute atomic E-state index is 0.221. The molecule has 0 spiro atoms. The number of carbonyl (C=O) groups is 1. The molecule has 1 aromatic heterocycles. The first-order valence-corrected chi connectivity index (χ1v) is 5.56. The van der Waals surface area contributed by atoms with Gasteiger partial charge in [-0.2, -0.15) is 13.9 Å². The van der Waals surface area contributed by atoms with E-state index in [0.29, 0.717) is 10.7 Å². The number of rotatable bonds is 4. The van der Waals surface area contributed by atoms with Gasteiger partial charge in [0.1, 0.15) is 17.2 Å². The molecule has 1 heterocycles. The van der Waals surface area contributed by atoms with Crippen LogP contribution in [0.1, 0.15) is 16.1 Å². The van der Waals surface area contributed by atoms with Gasteiger partial charge in [-0.3, -0.25) is 0 Å². The van der Waals surface area contributed by atoms with Gasteiger partial charge in [0.25, 0.3) is 0 Å². The second-order valence-corrected chi connectivity index (χ2v) is 4.10. The fourth-order valence-corrected chi connectivity index (χ4v) is 1.68. The number of hydrogen-bond donors (Lipinski definition) is 1. The molecule has 4 nitrogen and oxygen atoms in total. The van der Waals surface area contributed by atoms with Gasteiger partial charge in [-0.05, 0) is 18.2 Å². The van der Waals surface area contributed by atoms with Gasteiger partial charge in [-0.1, -0.05) is 6.58 Å². The van der Waals surface area contributed by atoms with Gasteiger partial charge in [-0.15, -0.1) is 0 Å². The van der Waals surface area contributed by atoms with Crippen LogP contribution in [0.3, 0.4) is 0 Å². The van der Waals surface area contributed by atoms with Gasteiger partial charge in [0.2, 0.25) is 0 Å². The lowest BCUT2D eigenvalue weighted by Gasteiger charge is -2.08. The molecular formula is C13H8F4N2O2. The fraction of sp³-hybridized carbons (Fsp3) is 0.0769. The van der Waals surface area contributed by atoms with E-state index in [0.717, 1.165) is 18.3 Å². The maximum atomic E-state index is 13.6. The Balaban J connectivity index is 2.64. The van der Waals surface area contributed by atoms with Gasteiger partial charge < -0.3 is 5.11 Å². The molecule has 0 fully saturated rings. The summed E-state index contributed by atoms with van der Waals surface area (Å²) in [6.45, 7) is 2.91. The van der Waals surface area contributed by atoms with E-state index in [9.17, 15) is 22.4 Å². The highest BCUT2D eigenvalue weighted by Crippen LogP contribution is 2.31. The molecule has 1 aromatic carbocycles. The van der Waals surface area contributed by atoms with Gasteiger partial charge in [0.05, 0.1) is 5.69 Å². The van der Waals surface area contributed by atoms with Crippen molar-refractivity contribution in [2.75, 3.05) is 0 Å². The minimum Gasteiger partial charge on any atom is -0.478 e. The van der Waals surface area contributed by atoms with Crippen LogP contribution < -0.4 is 0 Å². The Morgan fingerprint density at radius 2 is 1.86 bits per heavy atom. The summed E-state index contributed by atoms with van der Waals surface area (Å²) in [6.07, 6.45) is 0.988. The predicted octanol–water partition coefficient (Wildman–Crippen LogP) is 3.13. The van der Waals surface area contributed by atoms with E-state index in [1.807, 2.05) is 0 Å². The van der Waals surface area contributed by atoms with Crippen LogP contribution in [-0.4, -0.2) is 20.9 Å². The van der Waals surface area contributed by atoms with Crippen LogP contribution in [-0.2, 0) is 5.92 Å². The predicted molar refractivity (Wildman–Crippen MR) is 64.5 cm³/mol. The lowest BCUT2D eigenvalue weighted by Crippen LogP contribution is -2.15. The van der Waals surface area contributed by atoms with Gasteiger partial charge in [0, 0.05) is 12.3 Å². The highest BCUT2D eigenvalue weighted by Gasteiger charge is 2.36. The van der Waals surface area contributed by atoms with Crippen LogP contribution >= 0.6 is 0 Å². The molecule has 0 aliphatic carbocycles. The molecular weight excluding hydrogens is 292 g/mol. The van der Waals surface area contributed by atoms with E-state index >= 15 is 0 Å². The number of carboxylic acids is 1. The first-order valence-electron chi connectivity index (χ1n) is 5.56. The molecule has 0 amide bonds. The summed E-state index contributed by atoms with van der Waals surface area (Å²) in [5.74, 6) is -7.23. The Morgan fingerprint density at radius 1 is 1.29 bits per heavy atom. The molecule has 8 heteroatoms. The first-order chi connectivity index (χ1) is 9.74. The van der Waals surface area contributed by atoms with Crippen molar-refractivity contribution in [3.8, 4) is 5.69 Å². The summed E-state index contributed by atoms with van der Waals surface area (Å²) in [4.78, 5) is 11.0. The van der Waals surface area contributed by atoms with Crippen molar-refractivity contribution in [3.63, 3.8) is 0 Å². The molecule has 0 unspecified atom stereocenters. The summed E-state index contributed by atoms with van der Waals surface area (Å²) in [5.41, 5.74) is -2.07. The molecule has 110 valence electrons. The average Bonchev–Trinajstić information content (AvgIpc) is 2.83. The van der Waals surface area contributed by atoms with Gasteiger partial charge in [-0.25, -0.2) is 18.3 Å². The third-order valence-corrected chi connectivity index (χ3v) is 2.63. The van der Waals surface area contributed by atoms with Crippen molar-refractivity contribution >= 4 is 5.97 Å². The van der Waals surface area contributed by atoms with E-state index in [-0.39, 0.29) is 11.8 Å². The van der Waals surface area contributed by atoms with Crippen LogP contribution in [0.4, 0.5) is 17.6 Å². The van der Waals surface area contributed by atoms with E-state index in [2.05, 4.69) is 11.7 Å². The number of aromatic carboxylic acids is 1. The Hall–Kier alpha value is -2.64. The number of nitrogens with zero attached hydrogens (tertiary/aromatic N) is 2. The summed E-state index contributed by atoms with van der Waals surface area (Å²) in [7, 11) is 0. The zero-order chi connectivity index (χ0) is 15.8. The van der Waals surface area contributed by atoms with Crippen molar-refractivity contribution in [2.24, 2.45) is 0 Å². The topological polar surface area (TPSA) is 55.1 Å². The molecule has 2 aromatic rings. The summed E-state index contributed by atoms with van der Waals surface area (Å²) < 4.78 is 54.1. The molecule has 21 heavy (non-hydrogen) atoms. The second-order valence-electron chi connectivity index (χ2n) is 4.10. The number of aromatic nitrogens is 2. The Kier molecular flexibility index (Phi) is 3.54. The Morgan fingerprint density at radius 3 is 2.33 bits per heavy atom. The first kappa shape index (κ1) is 14.8. The molecule has 0 saturated carbocycles. The lowest BCUT2D eigenvalue weighted by atomic mass is 10.1. The van der Waals surface area contributed by atoms with E-state index in [4.69, 9.17) is 5.11 Å². The van der Waals surface area contributed by atoms with Crippen LogP contribution in [0.25, 0.3) is 5.69 Å². The Bertz CT molecular complexity index is 705. The lowest BCUT2D eigenvalue weighted by molar-refractivity contribution is 0.0431. The van der Waals surface area contributed by atoms with E-state index in [1.54, 1.807) is 0 Å². The molecule has 0 bridgehead atoms. The smallest absolute Gasteiger partial charge is 0.339 e. The zero-order valence-electron chi connectivity index (χ0n) is 10.4. The molecule has 1 N–H and O–H groups in total. The van der Waals surface area contributed by atoms with Gasteiger partial charge in [0.15, 0.2) is 5.69 Å². The normalized spacial score (nSPS) is 11.4. The van der Waals surface area contributed by atoms with Crippen LogP contribution in [0.5, 0.6) is 0 Å². The number of hydrogen-bond acceptors (Lipinski definition) is 2. The molecule has 0 radical (unpaired) electrons. The molecule has 2 rings (SSSR count).